The van der Waals surface area contributed by atoms with Crippen molar-refractivity contribution >= 4 is 0 Å². The molecule has 0 N–H and O–H groups in total. The molecular formula is C11H15Y+2. The minimum atomic E-state index is 0. The first kappa shape index (κ1) is 12.3. The van der Waals surface area contributed by atoms with Crippen LogP contribution in [0.5, 0.6) is 0 Å². The van der Waals surface area contributed by atoms with Crippen molar-refractivity contribution < 1.29 is 32.7 Å². The molecular weight excluding hydrogens is 221 g/mol. The molecule has 0 unspecified atom stereocenters. The molecule has 0 nitrogen and oxygen atoms in total. The van der Waals surface area contributed by atoms with Crippen LogP contribution in [0.25, 0.3) is 0 Å². The van der Waals surface area contributed by atoms with Crippen LogP contribution in [0, 0.1) is 12.0 Å². The van der Waals surface area contributed by atoms with Gasteiger partial charge in [-0.05, 0) is 12.3 Å². The molecule has 0 aromatic heterocycles. The van der Waals surface area contributed by atoms with Gasteiger partial charge in [-0.2, -0.15) is 35.9 Å². The molecule has 0 saturated heterocycles. The van der Waals surface area contributed by atoms with E-state index >= 15 is 0 Å². The summed E-state index contributed by atoms with van der Waals surface area (Å²) in [5.41, 5.74) is 1.43. The topological polar surface area (TPSA) is 0 Å². The minimum Gasteiger partial charge on any atom is -0.184 e. The Hall–Kier alpha value is 0.324. The fraction of sp³-hybridized carbons (Fsp3) is 0.455. The first-order valence-corrected chi connectivity index (χ1v) is 4.24. The number of hydrogen-bond donors (Lipinski definition) is 0. The Kier molecular flexibility index (Phi) is 6.98. The van der Waals surface area contributed by atoms with E-state index in [1.807, 2.05) is 12.1 Å². The zero-order valence-electron chi connectivity index (χ0n) is 7.88. The van der Waals surface area contributed by atoms with Crippen LogP contribution in [0.3, 0.4) is 0 Å². The van der Waals surface area contributed by atoms with Gasteiger partial charge in [0.25, 0.3) is 0 Å². The smallest absolute Gasteiger partial charge is 0.184 e. The van der Waals surface area contributed by atoms with Crippen molar-refractivity contribution in [1.82, 2.24) is 0 Å². The summed E-state index contributed by atoms with van der Waals surface area (Å²) in [6.45, 7) is 4.52. The third kappa shape index (κ3) is 5.06. The second kappa shape index (κ2) is 6.80. The number of aryl methyl sites for hydroxylation is 1. The molecule has 0 fully saturated rings. The molecule has 1 rings (SSSR count). The van der Waals surface area contributed by atoms with E-state index < -0.39 is 0 Å². The third-order valence-electron chi connectivity index (χ3n) is 1.80. The van der Waals surface area contributed by atoms with Crippen LogP contribution >= 0.6 is 0 Å². The Morgan fingerprint density at radius 1 is 1.25 bits per heavy atom. The first-order chi connectivity index (χ1) is 5.29. The average molecular weight is 236 g/mol. The Morgan fingerprint density at radius 3 is 2.33 bits per heavy atom. The van der Waals surface area contributed by atoms with Gasteiger partial charge >= 0.3 is 32.7 Å². The van der Waals surface area contributed by atoms with Gasteiger partial charge in [-0.3, -0.25) is 0 Å². The molecule has 0 amide bonds. The summed E-state index contributed by atoms with van der Waals surface area (Å²) in [4.78, 5) is 0. The molecule has 0 aliphatic carbocycles. The van der Waals surface area contributed by atoms with Gasteiger partial charge in [0.15, 0.2) is 0 Å². The van der Waals surface area contributed by atoms with Gasteiger partial charge < -0.3 is 0 Å². The van der Waals surface area contributed by atoms with Gasteiger partial charge in [0, 0.05) is 0 Å². The van der Waals surface area contributed by atoms with E-state index in [1.165, 1.54) is 18.4 Å². The van der Waals surface area contributed by atoms with Gasteiger partial charge in [0.2, 0.25) is 0 Å². The summed E-state index contributed by atoms with van der Waals surface area (Å²) in [6, 6.07) is 11.3. The van der Waals surface area contributed by atoms with Crippen molar-refractivity contribution in [2.75, 3.05) is 0 Å². The first-order valence-electron chi connectivity index (χ1n) is 4.24. The maximum Gasteiger partial charge on any atom is 3.00 e. The van der Waals surface area contributed by atoms with Crippen LogP contribution in [0.15, 0.2) is 24.3 Å². The van der Waals surface area contributed by atoms with E-state index in [4.69, 9.17) is 0 Å². The fourth-order valence-corrected chi connectivity index (χ4v) is 1.04. The van der Waals surface area contributed by atoms with Crippen LogP contribution in [0.4, 0.5) is 0 Å². The SMILES string of the molecule is CC(C)CCc1cc[c-]cc1.[Y+3]. The maximum atomic E-state index is 3.02. The molecule has 1 heteroatoms. The van der Waals surface area contributed by atoms with E-state index in [1.54, 1.807) is 0 Å². The zero-order chi connectivity index (χ0) is 8.10. The van der Waals surface area contributed by atoms with Crippen molar-refractivity contribution in [2.45, 2.75) is 26.7 Å². The summed E-state index contributed by atoms with van der Waals surface area (Å²) < 4.78 is 0. The molecule has 0 spiro atoms. The Morgan fingerprint density at radius 2 is 1.83 bits per heavy atom. The van der Waals surface area contributed by atoms with E-state index in [0.717, 1.165) is 5.92 Å². The predicted octanol–water partition coefficient (Wildman–Crippen LogP) is 3.07. The van der Waals surface area contributed by atoms with Crippen LogP contribution < -0.4 is 0 Å². The molecule has 0 saturated carbocycles. The van der Waals surface area contributed by atoms with Gasteiger partial charge in [0.05, 0.1) is 0 Å². The molecule has 1 aromatic rings. The Balaban J connectivity index is 0.00000121. The van der Waals surface area contributed by atoms with Crippen molar-refractivity contribution in [2.24, 2.45) is 5.92 Å². The summed E-state index contributed by atoms with van der Waals surface area (Å²) in [5, 5.41) is 0. The minimum absolute atomic E-state index is 0. The normalized spacial score (nSPS) is 9.58. The van der Waals surface area contributed by atoms with Gasteiger partial charge in [-0.15, -0.1) is 0 Å². The second-order valence-corrected chi connectivity index (χ2v) is 3.34. The predicted molar refractivity (Wildman–Crippen MR) is 48.4 cm³/mol. The number of hydrogen-bond acceptors (Lipinski definition) is 0. The molecule has 0 radical (unpaired) electrons. The monoisotopic (exact) mass is 236 g/mol. The molecule has 0 aliphatic heterocycles. The van der Waals surface area contributed by atoms with Crippen molar-refractivity contribution in [3.8, 4) is 0 Å². The summed E-state index contributed by atoms with van der Waals surface area (Å²) >= 11 is 0. The van der Waals surface area contributed by atoms with E-state index in [2.05, 4.69) is 32.0 Å². The molecule has 0 heterocycles. The molecule has 0 atom stereocenters. The van der Waals surface area contributed by atoms with Crippen LogP contribution in [0.1, 0.15) is 25.8 Å². The third-order valence-corrected chi connectivity index (χ3v) is 1.80. The van der Waals surface area contributed by atoms with Crippen molar-refractivity contribution in [3.05, 3.63) is 35.9 Å². The standard InChI is InChI=1S/C11H15.Y/c1-10(2)8-9-11-6-4-3-5-7-11;/h4-7,10H,8-9H2,1-2H3;/q-1;+3. The molecule has 1 aromatic carbocycles. The average Bonchev–Trinajstić information content (AvgIpc) is 2.03. The van der Waals surface area contributed by atoms with Gasteiger partial charge in [-0.1, -0.05) is 20.3 Å². The summed E-state index contributed by atoms with van der Waals surface area (Å²) in [5.74, 6) is 0.805. The largest absolute Gasteiger partial charge is 3.00 e. The van der Waals surface area contributed by atoms with E-state index in [-0.39, 0.29) is 32.7 Å². The summed E-state index contributed by atoms with van der Waals surface area (Å²) in [7, 11) is 0. The van der Waals surface area contributed by atoms with Gasteiger partial charge in [0.1, 0.15) is 0 Å². The number of rotatable bonds is 3. The van der Waals surface area contributed by atoms with Gasteiger partial charge in [-0.25, -0.2) is 0 Å². The Bertz CT molecular complexity index is 191. The van der Waals surface area contributed by atoms with Crippen molar-refractivity contribution in [3.63, 3.8) is 0 Å². The number of benzene rings is 1. The quantitative estimate of drug-likeness (QED) is 0.707. The fourth-order valence-electron chi connectivity index (χ4n) is 1.04. The van der Waals surface area contributed by atoms with E-state index in [9.17, 15) is 0 Å². The summed E-state index contributed by atoms with van der Waals surface area (Å²) in [6.07, 6.45) is 2.48. The van der Waals surface area contributed by atoms with Crippen LogP contribution in [0.2, 0.25) is 0 Å². The maximum absolute atomic E-state index is 3.02. The molecule has 60 valence electrons. The van der Waals surface area contributed by atoms with E-state index in [0.29, 0.717) is 0 Å². The van der Waals surface area contributed by atoms with Crippen LogP contribution in [-0.2, 0) is 39.1 Å². The second-order valence-electron chi connectivity index (χ2n) is 3.34. The Labute approximate surface area is 101 Å². The molecule has 12 heavy (non-hydrogen) atoms. The molecule has 0 aliphatic rings. The molecule has 0 bridgehead atoms. The van der Waals surface area contributed by atoms with Crippen LogP contribution in [-0.4, -0.2) is 0 Å². The van der Waals surface area contributed by atoms with Crippen molar-refractivity contribution in [1.29, 1.82) is 0 Å². The zero-order valence-corrected chi connectivity index (χ0v) is 10.7.